The lowest BCUT2D eigenvalue weighted by molar-refractivity contribution is -0.126. The van der Waals surface area contributed by atoms with Gasteiger partial charge in [-0.15, -0.1) is 0 Å². The van der Waals surface area contributed by atoms with Crippen LogP contribution < -0.4 is 20.1 Å². The number of hydrogen-bond acceptors (Lipinski definition) is 4. The Morgan fingerprint density at radius 3 is 2.28 bits per heavy atom. The van der Waals surface area contributed by atoms with Crippen LogP contribution in [0.3, 0.4) is 0 Å². The number of rotatable bonds is 7. The number of amides is 2. The molecule has 2 aromatic rings. The van der Waals surface area contributed by atoms with Gasteiger partial charge in [0.1, 0.15) is 6.42 Å². The highest BCUT2D eigenvalue weighted by molar-refractivity contribution is 6.30. The average molecular weight is 363 g/mol. The van der Waals surface area contributed by atoms with Gasteiger partial charge in [-0.05, 0) is 29.8 Å². The molecule has 0 saturated heterocycles. The molecule has 2 aromatic carbocycles. The molecule has 0 unspecified atom stereocenters. The first-order valence-electron chi connectivity index (χ1n) is 7.55. The minimum absolute atomic E-state index is 0.276. The van der Waals surface area contributed by atoms with E-state index in [1.807, 2.05) is 12.1 Å². The number of nitrogens with one attached hydrogen (secondary N) is 2. The van der Waals surface area contributed by atoms with Crippen molar-refractivity contribution in [1.29, 1.82) is 0 Å². The quantitative estimate of drug-likeness (QED) is 0.742. The molecule has 0 saturated carbocycles. The smallest absolute Gasteiger partial charge is 0.233 e. The SMILES string of the molecule is COc1ccc(NC(=O)CC(=O)NCc2ccc(Cl)cc2)cc1OC. The zero-order chi connectivity index (χ0) is 18.2. The monoisotopic (exact) mass is 362 g/mol. The van der Waals surface area contributed by atoms with E-state index in [0.717, 1.165) is 5.56 Å². The summed E-state index contributed by atoms with van der Waals surface area (Å²) in [5.41, 5.74) is 1.42. The first-order valence-corrected chi connectivity index (χ1v) is 7.92. The van der Waals surface area contributed by atoms with Crippen molar-refractivity contribution in [3.05, 3.63) is 53.1 Å². The fourth-order valence-corrected chi connectivity index (χ4v) is 2.26. The van der Waals surface area contributed by atoms with Crippen molar-refractivity contribution in [3.8, 4) is 11.5 Å². The first kappa shape index (κ1) is 18.6. The Balaban J connectivity index is 1.85. The second-order valence-electron chi connectivity index (χ2n) is 5.20. The van der Waals surface area contributed by atoms with E-state index in [0.29, 0.717) is 28.8 Å². The summed E-state index contributed by atoms with van der Waals surface area (Å²) < 4.78 is 10.3. The van der Waals surface area contributed by atoms with Crippen LogP contribution in [0.15, 0.2) is 42.5 Å². The van der Waals surface area contributed by atoms with Gasteiger partial charge < -0.3 is 20.1 Å². The Hall–Kier alpha value is -2.73. The van der Waals surface area contributed by atoms with E-state index in [9.17, 15) is 9.59 Å². The van der Waals surface area contributed by atoms with Gasteiger partial charge in [0, 0.05) is 23.3 Å². The maximum atomic E-state index is 12.0. The molecule has 0 atom stereocenters. The minimum Gasteiger partial charge on any atom is -0.493 e. The normalized spacial score (nSPS) is 10.0. The standard InChI is InChI=1S/C18H19ClN2O4/c1-24-15-8-7-14(9-16(15)25-2)21-18(23)10-17(22)20-11-12-3-5-13(19)6-4-12/h3-9H,10-11H2,1-2H3,(H,20,22)(H,21,23). The van der Waals surface area contributed by atoms with Crippen LogP contribution in [0.2, 0.25) is 5.02 Å². The number of halogens is 1. The fourth-order valence-electron chi connectivity index (χ4n) is 2.13. The van der Waals surface area contributed by atoms with Crippen LogP contribution in [0.25, 0.3) is 0 Å². The highest BCUT2D eigenvalue weighted by Gasteiger charge is 2.11. The van der Waals surface area contributed by atoms with Gasteiger partial charge in [0.25, 0.3) is 0 Å². The summed E-state index contributed by atoms with van der Waals surface area (Å²) in [5.74, 6) is 0.266. The zero-order valence-electron chi connectivity index (χ0n) is 14.0. The van der Waals surface area contributed by atoms with Gasteiger partial charge in [-0.25, -0.2) is 0 Å². The second kappa shape index (κ2) is 8.94. The van der Waals surface area contributed by atoms with Gasteiger partial charge in [0.05, 0.1) is 14.2 Å². The molecule has 2 rings (SSSR count). The van der Waals surface area contributed by atoms with Gasteiger partial charge in [-0.1, -0.05) is 23.7 Å². The van der Waals surface area contributed by atoms with Crippen LogP contribution in [0, 0.1) is 0 Å². The van der Waals surface area contributed by atoms with E-state index in [1.54, 1.807) is 30.3 Å². The predicted molar refractivity (Wildman–Crippen MR) is 96.1 cm³/mol. The molecule has 6 nitrogen and oxygen atoms in total. The molecule has 2 amide bonds. The average Bonchev–Trinajstić information content (AvgIpc) is 2.61. The summed E-state index contributed by atoms with van der Waals surface area (Å²) in [4.78, 5) is 23.8. The maximum absolute atomic E-state index is 12.0. The lowest BCUT2D eigenvalue weighted by Gasteiger charge is -2.10. The predicted octanol–water partition coefficient (Wildman–Crippen LogP) is 3.00. The summed E-state index contributed by atoms with van der Waals surface area (Å²) in [7, 11) is 3.04. The van der Waals surface area contributed by atoms with Crippen molar-refractivity contribution < 1.29 is 19.1 Å². The summed E-state index contributed by atoms with van der Waals surface area (Å²) >= 11 is 5.80. The summed E-state index contributed by atoms with van der Waals surface area (Å²) in [6, 6.07) is 12.1. The zero-order valence-corrected chi connectivity index (χ0v) is 14.7. The van der Waals surface area contributed by atoms with Gasteiger partial charge in [-0.2, -0.15) is 0 Å². The van der Waals surface area contributed by atoms with Crippen molar-refractivity contribution in [2.75, 3.05) is 19.5 Å². The Morgan fingerprint density at radius 2 is 1.64 bits per heavy atom. The number of carbonyl (C=O) groups excluding carboxylic acids is 2. The van der Waals surface area contributed by atoms with Crippen molar-refractivity contribution in [2.45, 2.75) is 13.0 Å². The highest BCUT2D eigenvalue weighted by Crippen LogP contribution is 2.29. The van der Waals surface area contributed by atoms with Crippen molar-refractivity contribution >= 4 is 29.1 Å². The summed E-state index contributed by atoms with van der Waals surface area (Å²) in [6.07, 6.45) is -0.276. The highest BCUT2D eigenvalue weighted by atomic mass is 35.5. The van der Waals surface area contributed by atoms with Crippen molar-refractivity contribution in [3.63, 3.8) is 0 Å². The van der Waals surface area contributed by atoms with E-state index in [2.05, 4.69) is 10.6 Å². The molecule has 25 heavy (non-hydrogen) atoms. The first-order chi connectivity index (χ1) is 12.0. The maximum Gasteiger partial charge on any atom is 0.233 e. The number of benzene rings is 2. The van der Waals surface area contributed by atoms with Crippen LogP contribution in [0.4, 0.5) is 5.69 Å². The van der Waals surface area contributed by atoms with Crippen molar-refractivity contribution in [2.24, 2.45) is 0 Å². The molecule has 0 bridgehead atoms. The number of carbonyl (C=O) groups is 2. The van der Waals surface area contributed by atoms with Crippen molar-refractivity contribution in [1.82, 2.24) is 5.32 Å². The van der Waals surface area contributed by atoms with Crippen LogP contribution in [0.5, 0.6) is 11.5 Å². The molecule has 0 spiro atoms. The van der Waals surface area contributed by atoms with E-state index < -0.39 is 5.91 Å². The number of anilines is 1. The number of methoxy groups -OCH3 is 2. The summed E-state index contributed by atoms with van der Waals surface area (Å²) in [6.45, 7) is 0.333. The lowest BCUT2D eigenvalue weighted by Crippen LogP contribution is -2.27. The lowest BCUT2D eigenvalue weighted by atomic mass is 10.2. The molecule has 0 aromatic heterocycles. The number of ether oxygens (including phenoxy) is 2. The molecule has 0 heterocycles. The van der Waals surface area contributed by atoms with Gasteiger partial charge in [-0.3, -0.25) is 9.59 Å². The minimum atomic E-state index is -0.416. The topological polar surface area (TPSA) is 76.7 Å². The number of hydrogen-bond donors (Lipinski definition) is 2. The van der Waals surface area contributed by atoms with E-state index in [1.165, 1.54) is 14.2 Å². The molecule has 0 radical (unpaired) electrons. The summed E-state index contributed by atoms with van der Waals surface area (Å²) in [5, 5.41) is 5.97. The van der Waals surface area contributed by atoms with Gasteiger partial charge >= 0.3 is 0 Å². The molecule has 132 valence electrons. The van der Waals surface area contributed by atoms with Crippen LogP contribution in [0.1, 0.15) is 12.0 Å². The Bertz CT molecular complexity index is 747. The third-order valence-electron chi connectivity index (χ3n) is 3.39. The molecular weight excluding hydrogens is 344 g/mol. The molecule has 0 fully saturated rings. The third-order valence-corrected chi connectivity index (χ3v) is 3.64. The van der Waals surface area contributed by atoms with Crippen LogP contribution in [-0.2, 0) is 16.1 Å². The Morgan fingerprint density at radius 1 is 0.960 bits per heavy atom. The molecule has 0 aliphatic carbocycles. The fraction of sp³-hybridized carbons (Fsp3) is 0.222. The molecule has 2 N–H and O–H groups in total. The Labute approximate surface area is 151 Å². The third kappa shape index (κ3) is 5.69. The molecule has 0 aliphatic heterocycles. The van der Waals surface area contributed by atoms with Gasteiger partial charge in [0.15, 0.2) is 11.5 Å². The van der Waals surface area contributed by atoms with E-state index >= 15 is 0 Å². The molecule has 7 heteroatoms. The van der Waals surface area contributed by atoms with Crippen LogP contribution in [-0.4, -0.2) is 26.0 Å². The van der Waals surface area contributed by atoms with Crippen LogP contribution >= 0.6 is 11.6 Å². The Kier molecular flexibility index (Phi) is 6.65. The molecular formula is C18H19ClN2O4. The van der Waals surface area contributed by atoms with E-state index in [-0.39, 0.29) is 12.3 Å². The largest absolute Gasteiger partial charge is 0.493 e. The van der Waals surface area contributed by atoms with Gasteiger partial charge in [0.2, 0.25) is 11.8 Å². The second-order valence-corrected chi connectivity index (χ2v) is 5.63. The molecule has 0 aliphatic rings. The van der Waals surface area contributed by atoms with E-state index in [4.69, 9.17) is 21.1 Å².